The largest absolute Gasteiger partial charge is 0.311 e. The standard InChI is InChI=1S/C20H21N/c1-5-8-18(6-2)21(19-13-11-16(3)12-14-19)20-10-7-9-17(4)15-20/h5-15H,1-2H2,3-4H3/b18-8+. The predicted molar refractivity (Wildman–Crippen MR) is 93.0 cm³/mol. The van der Waals surface area contributed by atoms with Crippen LogP contribution in [0, 0.1) is 13.8 Å². The Morgan fingerprint density at radius 3 is 2.19 bits per heavy atom. The van der Waals surface area contributed by atoms with Crippen molar-refractivity contribution in [3.05, 3.63) is 96.7 Å². The molecule has 0 saturated heterocycles. The molecule has 2 rings (SSSR count). The molecule has 0 aliphatic heterocycles. The molecule has 1 heteroatoms. The first-order valence-corrected chi connectivity index (χ1v) is 7.04. The number of allylic oxidation sites excluding steroid dienone is 3. The van der Waals surface area contributed by atoms with E-state index in [1.54, 1.807) is 6.08 Å². The Kier molecular flexibility index (Phi) is 4.78. The number of benzene rings is 2. The first-order valence-electron chi connectivity index (χ1n) is 7.04. The van der Waals surface area contributed by atoms with Gasteiger partial charge in [0.25, 0.3) is 0 Å². The van der Waals surface area contributed by atoms with Gasteiger partial charge in [-0.3, -0.25) is 0 Å². The lowest BCUT2D eigenvalue weighted by atomic mass is 10.1. The van der Waals surface area contributed by atoms with Crippen LogP contribution < -0.4 is 4.90 Å². The second-order valence-corrected chi connectivity index (χ2v) is 5.04. The molecule has 2 aromatic rings. The molecule has 21 heavy (non-hydrogen) atoms. The normalized spacial score (nSPS) is 11.0. The molecule has 0 aliphatic carbocycles. The van der Waals surface area contributed by atoms with Crippen molar-refractivity contribution in [2.45, 2.75) is 13.8 Å². The van der Waals surface area contributed by atoms with E-state index in [9.17, 15) is 0 Å². The highest BCUT2D eigenvalue weighted by molar-refractivity contribution is 5.70. The highest BCUT2D eigenvalue weighted by Crippen LogP contribution is 2.31. The van der Waals surface area contributed by atoms with E-state index in [2.05, 4.69) is 80.4 Å². The van der Waals surface area contributed by atoms with Crippen molar-refractivity contribution in [2.75, 3.05) is 4.90 Å². The van der Waals surface area contributed by atoms with Crippen LogP contribution in [-0.4, -0.2) is 0 Å². The molecule has 1 nitrogen and oxygen atoms in total. The van der Waals surface area contributed by atoms with Crippen LogP contribution in [0.15, 0.2) is 85.6 Å². The molecule has 0 unspecified atom stereocenters. The first kappa shape index (κ1) is 14.9. The SMILES string of the molecule is C=C/C=C(\C=C)N(c1ccc(C)cc1)c1cccc(C)c1. The molecule has 0 N–H and O–H groups in total. The van der Waals surface area contributed by atoms with Gasteiger partial charge in [-0.1, -0.05) is 49.1 Å². The summed E-state index contributed by atoms with van der Waals surface area (Å²) in [7, 11) is 0. The molecule has 0 atom stereocenters. The van der Waals surface area contributed by atoms with E-state index in [0.717, 1.165) is 17.1 Å². The summed E-state index contributed by atoms with van der Waals surface area (Å²) in [6, 6.07) is 16.9. The van der Waals surface area contributed by atoms with Crippen molar-refractivity contribution in [1.29, 1.82) is 0 Å². The van der Waals surface area contributed by atoms with Crippen LogP contribution in [0.5, 0.6) is 0 Å². The zero-order valence-corrected chi connectivity index (χ0v) is 12.7. The molecule has 0 aromatic heterocycles. The second kappa shape index (κ2) is 6.76. The summed E-state index contributed by atoms with van der Waals surface area (Å²) in [5, 5.41) is 0. The third-order valence-electron chi connectivity index (χ3n) is 3.31. The Morgan fingerprint density at radius 1 is 0.905 bits per heavy atom. The molecule has 0 heterocycles. The van der Waals surface area contributed by atoms with Gasteiger partial charge in [0, 0.05) is 17.1 Å². The van der Waals surface area contributed by atoms with E-state index in [-0.39, 0.29) is 0 Å². The molecule has 0 saturated carbocycles. The average molecular weight is 275 g/mol. The van der Waals surface area contributed by atoms with Gasteiger partial charge in [0.2, 0.25) is 0 Å². The number of rotatable bonds is 5. The van der Waals surface area contributed by atoms with Gasteiger partial charge in [0.05, 0.1) is 0 Å². The fourth-order valence-corrected chi connectivity index (χ4v) is 2.26. The maximum Gasteiger partial charge on any atom is 0.0464 e. The van der Waals surface area contributed by atoms with Crippen molar-refractivity contribution < 1.29 is 0 Å². The van der Waals surface area contributed by atoms with Crippen LogP contribution >= 0.6 is 0 Å². The quantitative estimate of drug-likeness (QED) is 0.633. The van der Waals surface area contributed by atoms with E-state index in [4.69, 9.17) is 0 Å². The Labute approximate surface area is 127 Å². The van der Waals surface area contributed by atoms with Crippen molar-refractivity contribution >= 4 is 11.4 Å². The molecular weight excluding hydrogens is 254 g/mol. The Balaban J connectivity index is 2.58. The van der Waals surface area contributed by atoms with Gasteiger partial charge in [0.15, 0.2) is 0 Å². The Hall–Kier alpha value is -2.54. The van der Waals surface area contributed by atoms with Gasteiger partial charge < -0.3 is 4.90 Å². The maximum absolute atomic E-state index is 3.93. The summed E-state index contributed by atoms with van der Waals surface area (Å²) in [5.41, 5.74) is 5.70. The van der Waals surface area contributed by atoms with E-state index in [0.29, 0.717) is 0 Å². The zero-order chi connectivity index (χ0) is 15.2. The zero-order valence-electron chi connectivity index (χ0n) is 12.7. The van der Waals surface area contributed by atoms with Crippen molar-refractivity contribution in [2.24, 2.45) is 0 Å². The number of hydrogen-bond acceptors (Lipinski definition) is 1. The van der Waals surface area contributed by atoms with Gasteiger partial charge >= 0.3 is 0 Å². The first-order chi connectivity index (χ1) is 10.2. The minimum atomic E-state index is 0.999. The molecule has 2 aromatic carbocycles. The summed E-state index contributed by atoms with van der Waals surface area (Å²) in [4.78, 5) is 2.18. The highest BCUT2D eigenvalue weighted by atomic mass is 15.1. The Morgan fingerprint density at radius 2 is 1.62 bits per heavy atom. The van der Waals surface area contributed by atoms with E-state index >= 15 is 0 Å². The second-order valence-electron chi connectivity index (χ2n) is 5.04. The third-order valence-corrected chi connectivity index (χ3v) is 3.31. The predicted octanol–water partition coefficient (Wildman–Crippen LogP) is 5.70. The number of aryl methyl sites for hydroxylation is 2. The molecule has 106 valence electrons. The lowest BCUT2D eigenvalue weighted by Crippen LogP contribution is -2.15. The van der Waals surface area contributed by atoms with Crippen LogP contribution in [0.25, 0.3) is 0 Å². The lowest BCUT2D eigenvalue weighted by Gasteiger charge is -2.26. The highest BCUT2D eigenvalue weighted by Gasteiger charge is 2.12. The van der Waals surface area contributed by atoms with Crippen LogP contribution in [0.3, 0.4) is 0 Å². The van der Waals surface area contributed by atoms with Crippen LogP contribution in [0.4, 0.5) is 11.4 Å². The fourth-order valence-electron chi connectivity index (χ4n) is 2.26. The third kappa shape index (κ3) is 3.51. The molecule has 0 spiro atoms. The minimum absolute atomic E-state index is 0.999. The number of anilines is 2. The van der Waals surface area contributed by atoms with Crippen LogP contribution in [0.1, 0.15) is 11.1 Å². The Bertz CT molecular complexity index is 662. The van der Waals surface area contributed by atoms with Gasteiger partial charge in [-0.05, 0) is 55.8 Å². The lowest BCUT2D eigenvalue weighted by molar-refractivity contribution is 1.20. The van der Waals surface area contributed by atoms with Gasteiger partial charge in [-0.2, -0.15) is 0 Å². The van der Waals surface area contributed by atoms with E-state index in [1.807, 2.05) is 12.2 Å². The van der Waals surface area contributed by atoms with Crippen LogP contribution in [0.2, 0.25) is 0 Å². The van der Waals surface area contributed by atoms with Crippen molar-refractivity contribution in [3.63, 3.8) is 0 Å². The topological polar surface area (TPSA) is 3.24 Å². The molecule has 0 fully saturated rings. The average Bonchev–Trinajstić information content (AvgIpc) is 2.48. The summed E-state index contributed by atoms with van der Waals surface area (Å²) >= 11 is 0. The minimum Gasteiger partial charge on any atom is -0.311 e. The van der Waals surface area contributed by atoms with Crippen LogP contribution in [-0.2, 0) is 0 Å². The fraction of sp³-hybridized carbons (Fsp3) is 0.100. The summed E-state index contributed by atoms with van der Waals surface area (Å²) in [6.45, 7) is 11.9. The molecule has 0 aliphatic rings. The molecule has 0 amide bonds. The number of hydrogen-bond donors (Lipinski definition) is 0. The van der Waals surface area contributed by atoms with Gasteiger partial charge in [-0.15, -0.1) is 0 Å². The summed E-state index contributed by atoms with van der Waals surface area (Å²) < 4.78 is 0. The van der Waals surface area contributed by atoms with Gasteiger partial charge in [-0.25, -0.2) is 0 Å². The number of nitrogens with zero attached hydrogens (tertiary/aromatic N) is 1. The maximum atomic E-state index is 3.93. The smallest absolute Gasteiger partial charge is 0.0464 e. The monoisotopic (exact) mass is 275 g/mol. The van der Waals surface area contributed by atoms with Crippen molar-refractivity contribution in [1.82, 2.24) is 0 Å². The van der Waals surface area contributed by atoms with E-state index < -0.39 is 0 Å². The summed E-state index contributed by atoms with van der Waals surface area (Å²) in [5.74, 6) is 0. The molecular formula is C20H21N. The summed E-state index contributed by atoms with van der Waals surface area (Å²) in [6.07, 6.45) is 5.60. The molecule has 0 radical (unpaired) electrons. The van der Waals surface area contributed by atoms with Crippen molar-refractivity contribution in [3.8, 4) is 0 Å². The van der Waals surface area contributed by atoms with Gasteiger partial charge in [0.1, 0.15) is 0 Å². The van der Waals surface area contributed by atoms with E-state index in [1.165, 1.54) is 11.1 Å². The molecule has 0 bridgehead atoms.